The summed E-state index contributed by atoms with van der Waals surface area (Å²) in [5, 5.41) is 14.4. The summed E-state index contributed by atoms with van der Waals surface area (Å²) in [7, 11) is 1.57. The third-order valence-corrected chi connectivity index (χ3v) is 6.05. The largest absolute Gasteiger partial charge is 0.493 e. The monoisotopic (exact) mass is 518 g/mol. The minimum absolute atomic E-state index is 0.222. The van der Waals surface area contributed by atoms with Gasteiger partial charge in [-0.05, 0) is 61.0 Å². The molecule has 9 nitrogen and oxygen atoms in total. The fourth-order valence-electron chi connectivity index (χ4n) is 3.34. The summed E-state index contributed by atoms with van der Waals surface area (Å²) in [6, 6.07) is 21.5. The fourth-order valence-corrected chi connectivity index (χ4v) is 3.98. The average molecular weight is 519 g/mol. The molecule has 2 N–H and O–H groups in total. The number of carbonyl (C=O) groups is 2. The van der Waals surface area contributed by atoms with Gasteiger partial charge in [-0.3, -0.25) is 9.59 Å². The van der Waals surface area contributed by atoms with E-state index in [4.69, 9.17) is 14.2 Å². The van der Waals surface area contributed by atoms with E-state index in [1.54, 1.807) is 31.4 Å². The van der Waals surface area contributed by atoms with Gasteiger partial charge >= 0.3 is 0 Å². The molecule has 10 heteroatoms. The third kappa shape index (κ3) is 7.05. The second-order valence-electron chi connectivity index (χ2n) is 7.74. The van der Waals surface area contributed by atoms with Crippen LogP contribution in [0.5, 0.6) is 17.2 Å². The number of amides is 2. The second kappa shape index (κ2) is 12.5. The van der Waals surface area contributed by atoms with Crippen molar-refractivity contribution < 1.29 is 23.8 Å². The van der Waals surface area contributed by atoms with Crippen LogP contribution in [0.1, 0.15) is 37.7 Å². The van der Waals surface area contributed by atoms with Crippen LogP contribution in [0.25, 0.3) is 0 Å². The molecular weight excluding hydrogens is 492 g/mol. The standard InChI is InChI=1S/C27H26N4O5S/c1-3-35-22-14-9-18(15-23(22)34-2)16-28-25(32)19-10-12-20(13-11-19)29-26(33)27-31-30-24(37-27)17-36-21-7-5-4-6-8-21/h4-15H,3,16-17H2,1-2H3,(H,28,32)(H,29,33). The molecule has 0 aliphatic rings. The Morgan fingerprint density at radius 1 is 0.892 bits per heavy atom. The van der Waals surface area contributed by atoms with Crippen molar-refractivity contribution in [2.75, 3.05) is 19.0 Å². The first-order valence-electron chi connectivity index (χ1n) is 11.5. The van der Waals surface area contributed by atoms with E-state index < -0.39 is 0 Å². The lowest BCUT2D eigenvalue weighted by Gasteiger charge is -2.12. The van der Waals surface area contributed by atoms with Crippen molar-refractivity contribution >= 4 is 28.8 Å². The molecule has 0 spiro atoms. The normalized spacial score (nSPS) is 10.4. The van der Waals surface area contributed by atoms with Gasteiger partial charge in [-0.15, -0.1) is 10.2 Å². The van der Waals surface area contributed by atoms with Crippen LogP contribution in [0.3, 0.4) is 0 Å². The van der Waals surface area contributed by atoms with E-state index in [1.165, 1.54) is 0 Å². The first kappa shape index (κ1) is 25.6. The Bertz CT molecular complexity index is 1340. The van der Waals surface area contributed by atoms with E-state index in [0.717, 1.165) is 16.9 Å². The first-order chi connectivity index (χ1) is 18.1. The molecule has 1 aromatic heterocycles. The highest BCUT2D eigenvalue weighted by Crippen LogP contribution is 2.28. The predicted octanol–water partition coefficient (Wildman–Crippen LogP) is 4.71. The molecule has 0 radical (unpaired) electrons. The molecule has 4 rings (SSSR count). The lowest BCUT2D eigenvalue weighted by molar-refractivity contribution is 0.0950. The van der Waals surface area contributed by atoms with Crippen LogP contribution in [-0.2, 0) is 13.2 Å². The van der Waals surface area contributed by atoms with Crippen molar-refractivity contribution in [3.8, 4) is 17.2 Å². The molecule has 2 amide bonds. The van der Waals surface area contributed by atoms with Crippen molar-refractivity contribution in [2.24, 2.45) is 0 Å². The molecule has 0 aliphatic carbocycles. The summed E-state index contributed by atoms with van der Waals surface area (Å²) < 4.78 is 16.5. The highest BCUT2D eigenvalue weighted by Gasteiger charge is 2.14. The summed E-state index contributed by atoms with van der Waals surface area (Å²) >= 11 is 1.16. The van der Waals surface area contributed by atoms with E-state index in [1.807, 2.05) is 55.5 Å². The second-order valence-corrected chi connectivity index (χ2v) is 8.80. The number of ether oxygens (including phenoxy) is 3. The van der Waals surface area contributed by atoms with E-state index >= 15 is 0 Å². The van der Waals surface area contributed by atoms with Gasteiger partial charge in [0.1, 0.15) is 12.4 Å². The number of para-hydroxylation sites is 1. The van der Waals surface area contributed by atoms with Gasteiger partial charge in [0.15, 0.2) is 16.5 Å². The molecule has 1 heterocycles. The van der Waals surface area contributed by atoms with E-state index in [9.17, 15) is 9.59 Å². The molecule has 0 aliphatic heterocycles. The van der Waals surface area contributed by atoms with Crippen molar-refractivity contribution in [1.29, 1.82) is 0 Å². The number of anilines is 1. The highest BCUT2D eigenvalue weighted by atomic mass is 32.1. The zero-order valence-corrected chi connectivity index (χ0v) is 21.2. The Morgan fingerprint density at radius 3 is 2.41 bits per heavy atom. The predicted molar refractivity (Wildman–Crippen MR) is 140 cm³/mol. The van der Waals surface area contributed by atoms with Gasteiger partial charge in [-0.25, -0.2) is 0 Å². The smallest absolute Gasteiger partial charge is 0.286 e. The number of carbonyl (C=O) groups excluding carboxylic acids is 2. The summed E-state index contributed by atoms with van der Waals surface area (Å²) in [5.74, 6) is 1.36. The van der Waals surface area contributed by atoms with Crippen LogP contribution in [0, 0.1) is 0 Å². The van der Waals surface area contributed by atoms with Gasteiger partial charge in [-0.2, -0.15) is 0 Å². The summed E-state index contributed by atoms with van der Waals surface area (Å²) in [6.07, 6.45) is 0. The SMILES string of the molecule is CCOc1ccc(CNC(=O)c2ccc(NC(=O)c3nnc(COc4ccccc4)s3)cc2)cc1OC. The summed E-state index contributed by atoms with van der Waals surface area (Å²) in [6.45, 7) is 2.99. The first-order valence-corrected chi connectivity index (χ1v) is 12.4. The van der Waals surface area contributed by atoms with Crippen molar-refractivity contribution in [3.05, 3.63) is 93.9 Å². The van der Waals surface area contributed by atoms with Crippen LogP contribution in [0.4, 0.5) is 5.69 Å². The Balaban J connectivity index is 1.28. The number of hydrogen-bond acceptors (Lipinski definition) is 8. The summed E-state index contributed by atoms with van der Waals surface area (Å²) in [4.78, 5) is 25.1. The molecular formula is C27H26N4O5S. The van der Waals surface area contributed by atoms with Crippen LogP contribution in [0.2, 0.25) is 0 Å². The van der Waals surface area contributed by atoms with Gasteiger partial charge in [0.2, 0.25) is 5.01 Å². The number of methoxy groups -OCH3 is 1. The van der Waals surface area contributed by atoms with Gasteiger partial charge < -0.3 is 24.8 Å². The molecule has 0 saturated carbocycles. The minimum atomic E-state index is -0.384. The van der Waals surface area contributed by atoms with Gasteiger partial charge in [0.25, 0.3) is 11.8 Å². The number of hydrogen-bond donors (Lipinski definition) is 2. The van der Waals surface area contributed by atoms with E-state index in [0.29, 0.717) is 46.7 Å². The maximum Gasteiger partial charge on any atom is 0.286 e. The molecule has 0 bridgehead atoms. The zero-order chi connectivity index (χ0) is 26.0. The Hall–Kier alpha value is -4.44. The fraction of sp³-hybridized carbons (Fsp3) is 0.185. The Labute approximate surface area is 218 Å². The lowest BCUT2D eigenvalue weighted by Crippen LogP contribution is -2.22. The molecule has 190 valence electrons. The molecule has 4 aromatic rings. The molecule has 0 saturated heterocycles. The maximum atomic E-state index is 12.6. The van der Waals surface area contributed by atoms with Gasteiger partial charge in [0, 0.05) is 17.8 Å². The summed E-state index contributed by atoms with van der Waals surface area (Å²) in [5.41, 5.74) is 1.88. The number of benzene rings is 3. The molecule has 0 fully saturated rings. The van der Waals surface area contributed by atoms with Crippen LogP contribution in [0.15, 0.2) is 72.8 Å². The maximum absolute atomic E-state index is 12.6. The van der Waals surface area contributed by atoms with Crippen LogP contribution < -0.4 is 24.8 Å². The Kier molecular flexibility index (Phi) is 8.66. The third-order valence-electron chi connectivity index (χ3n) is 5.15. The molecule has 0 unspecified atom stereocenters. The number of aromatic nitrogens is 2. The average Bonchev–Trinajstić information content (AvgIpc) is 3.42. The molecule has 3 aromatic carbocycles. The van der Waals surface area contributed by atoms with Crippen LogP contribution in [-0.4, -0.2) is 35.7 Å². The van der Waals surface area contributed by atoms with Gasteiger partial charge in [0.05, 0.1) is 13.7 Å². The van der Waals surface area contributed by atoms with Crippen LogP contribution >= 0.6 is 11.3 Å². The number of nitrogens with one attached hydrogen (secondary N) is 2. The minimum Gasteiger partial charge on any atom is -0.493 e. The Morgan fingerprint density at radius 2 is 1.68 bits per heavy atom. The topological polar surface area (TPSA) is 112 Å². The highest BCUT2D eigenvalue weighted by molar-refractivity contribution is 7.13. The quantitative estimate of drug-likeness (QED) is 0.296. The molecule has 0 atom stereocenters. The van der Waals surface area contributed by atoms with E-state index in [-0.39, 0.29) is 23.4 Å². The van der Waals surface area contributed by atoms with E-state index in [2.05, 4.69) is 20.8 Å². The lowest BCUT2D eigenvalue weighted by atomic mass is 10.1. The van der Waals surface area contributed by atoms with Crippen molar-refractivity contribution in [2.45, 2.75) is 20.1 Å². The zero-order valence-electron chi connectivity index (χ0n) is 20.4. The molecule has 37 heavy (non-hydrogen) atoms. The number of nitrogens with zero attached hydrogens (tertiary/aromatic N) is 2. The number of rotatable bonds is 11. The van der Waals surface area contributed by atoms with Crippen molar-refractivity contribution in [3.63, 3.8) is 0 Å². The van der Waals surface area contributed by atoms with Crippen molar-refractivity contribution in [1.82, 2.24) is 15.5 Å². The van der Waals surface area contributed by atoms with Gasteiger partial charge in [-0.1, -0.05) is 35.6 Å².